The van der Waals surface area contributed by atoms with Gasteiger partial charge in [-0.25, -0.2) is 9.18 Å². The highest BCUT2D eigenvalue weighted by atomic mass is 35.5. The lowest BCUT2D eigenvalue weighted by Gasteiger charge is -2.35. The Morgan fingerprint density at radius 1 is 1.28 bits per heavy atom. The number of rotatable bonds is 7. The fourth-order valence-electron chi connectivity index (χ4n) is 4.95. The molecule has 0 saturated carbocycles. The van der Waals surface area contributed by atoms with Crippen molar-refractivity contribution in [3.8, 4) is 0 Å². The van der Waals surface area contributed by atoms with Crippen LogP contribution in [0, 0.1) is 11.7 Å². The molecule has 0 spiro atoms. The van der Waals surface area contributed by atoms with E-state index in [-0.39, 0.29) is 41.0 Å². The lowest BCUT2D eigenvalue weighted by Crippen LogP contribution is -2.49. The number of anilines is 1. The first-order chi connectivity index (χ1) is 17.1. The monoisotopic (exact) mass is 515 g/mol. The Balaban J connectivity index is 2.02. The highest BCUT2D eigenvalue weighted by Gasteiger charge is 2.25. The molecule has 2 atom stereocenters. The number of hydrogen-bond acceptors (Lipinski definition) is 5. The molecule has 1 fully saturated rings. The number of carbonyl (C=O) groups is 1. The van der Waals surface area contributed by atoms with E-state index in [2.05, 4.69) is 17.1 Å². The number of piperazine rings is 1. The van der Waals surface area contributed by atoms with Crippen molar-refractivity contribution in [2.45, 2.75) is 39.3 Å². The molecule has 3 aromatic rings. The summed E-state index contributed by atoms with van der Waals surface area (Å²) in [6, 6.07) is 8.17. The van der Waals surface area contributed by atoms with Gasteiger partial charge in [-0.05, 0) is 42.2 Å². The van der Waals surface area contributed by atoms with Crippen LogP contribution in [0.2, 0.25) is 5.02 Å². The molecule has 2 heterocycles. The van der Waals surface area contributed by atoms with Crippen molar-refractivity contribution < 1.29 is 19.4 Å². The van der Waals surface area contributed by atoms with Gasteiger partial charge >= 0.3 is 5.97 Å². The van der Waals surface area contributed by atoms with Gasteiger partial charge in [-0.3, -0.25) is 4.79 Å². The number of aromatic carboxylic acids is 1. The SMILES string of the molecule is CC(C)[C@@H](CO)n1cc(C(=O)O)c(=O)c2cc(Cc3cccc(Cl)c3F)c(N3CCN[C@@H](C)C3)cc21. The fourth-order valence-corrected chi connectivity index (χ4v) is 5.15. The first-order valence-corrected chi connectivity index (χ1v) is 12.5. The summed E-state index contributed by atoms with van der Waals surface area (Å²) in [5.74, 6) is -1.88. The van der Waals surface area contributed by atoms with E-state index in [1.165, 1.54) is 12.3 Å². The van der Waals surface area contributed by atoms with Crippen LogP contribution >= 0.6 is 11.6 Å². The number of nitrogens with zero attached hydrogens (tertiary/aromatic N) is 2. The average molecular weight is 516 g/mol. The smallest absolute Gasteiger partial charge is 0.341 e. The molecule has 36 heavy (non-hydrogen) atoms. The minimum absolute atomic E-state index is 0.0175. The van der Waals surface area contributed by atoms with Crippen molar-refractivity contribution in [3.05, 3.63) is 74.3 Å². The molecule has 3 N–H and O–H groups in total. The highest BCUT2D eigenvalue weighted by molar-refractivity contribution is 6.30. The third kappa shape index (κ3) is 4.98. The topological polar surface area (TPSA) is 94.8 Å². The summed E-state index contributed by atoms with van der Waals surface area (Å²) in [7, 11) is 0. The third-order valence-electron chi connectivity index (χ3n) is 6.90. The molecule has 0 bridgehead atoms. The van der Waals surface area contributed by atoms with Crippen LogP contribution in [0.4, 0.5) is 10.1 Å². The zero-order valence-electron chi connectivity index (χ0n) is 20.6. The van der Waals surface area contributed by atoms with Crippen LogP contribution in [0.1, 0.15) is 48.3 Å². The Labute approximate surface area is 214 Å². The molecule has 2 aromatic carbocycles. The van der Waals surface area contributed by atoms with Gasteiger partial charge in [0.25, 0.3) is 0 Å². The first kappa shape index (κ1) is 26.1. The summed E-state index contributed by atoms with van der Waals surface area (Å²) < 4.78 is 16.6. The van der Waals surface area contributed by atoms with Crippen LogP contribution in [-0.2, 0) is 6.42 Å². The Morgan fingerprint density at radius 2 is 2.03 bits per heavy atom. The van der Waals surface area contributed by atoms with E-state index in [1.54, 1.807) is 22.8 Å². The number of aliphatic hydroxyl groups excluding tert-OH is 1. The van der Waals surface area contributed by atoms with Crippen molar-refractivity contribution in [1.29, 1.82) is 0 Å². The number of carboxylic acids is 1. The van der Waals surface area contributed by atoms with Crippen LogP contribution in [0.3, 0.4) is 0 Å². The summed E-state index contributed by atoms with van der Waals surface area (Å²) in [5.41, 5.74) is 1.49. The van der Waals surface area contributed by atoms with E-state index < -0.39 is 23.3 Å². The predicted octanol–water partition coefficient (Wildman–Crippen LogP) is 4.07. The molecule has 1 aliphatic rings. The van der Waals surface area contributed by atoms with Gasteiger partial charge < -0.3 is 25.0 Å². The molecule has 0 unspecified atom stereocenters. The van der Waals surface area contributed by atoms with Gasteiger partial charge in [0.2, 0.25) is 5.43 Å². The Bertz CT molecular complexity index is 1360. The number of fused-ring (bicyclic) bond motifs is 1. The van der Waals surface area contributed by atoms with Crippen LogP contribution < -0.4 is 15.6 Å². The van der Waals surface area contributed by atoms with Crippen molar-refractivity contribution in [1.82, 2.24) is 9.88 Å². The van der Waals surface area contributed by atoms with Gasteiger partial charge in [-0.1, -0.05) is 37.6 Å². The normalized spacial score (nSPS) is 17.1. The van der Waals surface area contributed by atoms with Crippen molar-refractivity contribution in [2.24, 2.45) is 5.92 Å². The molecule has 192 valence electrons. The van der Waals surface area contributed by atoms with Crippen LogP contribution in [-0.4, -0.2) is 53.0 Å². The summed E-state index contributed by atoms with van der Waals surface area (Å²) in [6.07, 6.45) is 1.51. The maximum atomic E-state index is 14.9. The van der Waals surface area contributed by atoms with Crippen LogP contribution in [0.5, 0.6) is 0 Å². The standard InChI is InChI=1S/C27H31ClFN3O4/c1-15(2)24(14-33)32-13-20(27(35)36)26(34)19-10-18(9-17-5-4-6-21(28)25(17)29)22(11-23(19)32)31-8-7-30-16(3)12-31/h4-6,10-11,13,15-16,24,30,33H,7-9,12,14H2,1-3H3,(H,35,36)/t16-,24+/m0/s1. The minimum atomic E-state index is -1.33. The maximum absolute atomic E-state index is 14.9. The van der Waals surface area contributed by atoms with E-state index in [9.17, 15) is 24.2 Å². The number of nitrogens with one attached hydrogen (secondary N) is 1. The second-order valence-corrected chi connectivity index (χ2v) is 10.2. The summed E-state index contributed by atoms with van der Waals surface area (Å²) in [5, 5.41) is 23.5. The number of aromatic nitrogens is 1. The Morgan fingerprint density at radius 3 is 2.67 bits per heavy atom. The molecule has 0 radical (unpaired) electrons. The zero-order chi connectivity index (χ0) is 26.1. The Kier molecular flexibility index (Phi) is 7.68. The molecule has 4 rings (SSSR count). The van der Waals surface area contributed by atoms with Crippen LogP contribution in [0.15, 0.2) is 41.3 Å². The zero-order valence-corrected chi connectivity index (χ0v) is 21.3. The van der Waals surface area contributed by atoms with Crippen molar-refractivity contribution in [2.75, 3.05) is 31.1 Å². The predicted molar refractivity (Wildman–Crippen MR) is 140 cm³/mol. The van der Waals surface area contributed by atoms with Gasteiger partial charge in [0.1, 0.15) is 11.4 Å². The van der Waals surface area contributed by atoms with Gasteiger partial charge in [0.05, 0.1) is 23.2 Å². The lowest BCUT2D eigenvalue weighted by molar-refractivity contribution is 0.0694. The van der Waals surface area contributed by atoms with Gasteiger partial charge in [0, 0.05) is 49.4 Å². The van der Waals surface area contributed by atoms with E-state index in [0.29, 0.717) is 29.7 Å². The highest BCUT2D eigenvalue weighted by Crippen LogP contribution is 2.33. The second kappa shape index (κ2) is 10.6. The number of benzene rings is 2. The fraction of sp³-hybridized carbons (Fsp3) is 0.407. The number of halogens is 2. The summed E-state index contributed by atoms with van der Waals surface area (Å²) in [6.45, 7) is 7.91. The van der Waals surface area contributed by atoms with Gasteiger partial charge in [-0.15, -0.1) is 0 Å². The molecule has 0 amide bonds. The Hall–Kier alpha value is -2.94. The first-order valence-electron chi connectivity index (χ1n) is 12.1. The maximum Gasteiger partial charge on any atom is 0.341 e. The van der Waals surface area contributed by atoms with E-state index >= 15 is 0 Å². The molecule has 1 aliphatic heterocycles. The number of aliphatic hydroxyl groups is 1. The average Bonchev–Trinajstić information content (AvgIpc) is 2.83. The summed E-state index contributed by atoms with van der Waals surface area (Å²) >= 11 is 6.03. The largest absolute Gasteiger partial charge is 0.477 e. The number of pyridine rings is 1. The number of hydrogen-bond donors (Lipinski definition) is 3. The molecular weight excluding hydrogens is 485 g/mol. The van der Waals surface area contributed by atoms with Crippen LogP contribution in [0.25, 0.3) is 10.9 Å². The minimum Gasteiger partial charge on any atom is -0.477 e. The lowest BCUT2D eigenvalue weighted by atomic mass is 9.97. The van der Waals surface area contributed by atoms with E-state index in [4.69, 9.17) is 11.6 Å². The molecular formula is C27H31ClFN3O4. The van der Waals surface area contributed by atoms with E-state index in [0.717, 1.165) is 12.2 Å². The van der Waals surface area contributed by atoms with Crippen molar-refractivity contribution >= 4 is 34.2 Å². The second-order valence-electron chi connectivity index (χ2n) is 9.77. The molecule has 7 nitrogen and oxygen atoms in total. The van der Waals surface area contributed by atoms with Gasteiger partial charge in [0.15, 0.2) is 0 Å². The molecule has 1 saturated heterocycles. The van der Waals surface area contributed by atoms with E-state index in [1.807, 2.05) is 19.9 Å². The quantitative estimate of drug-likeness (QED) is 0.439. The molecule has 1 aromatic heterocycles. The van der Waals surface area contributed by atoms with Gasteiger partial charge in [-0.2, -0.15) is 0 Å². The number of carboxylic acid groups (broad SMARTS) is 1. The van der Waals surface area contributed by atoms with Crippen molar-refractivity contribution in [3.63, 3.8) is 0 Å². The molecule has 9 heteroatoms. The summed E-state index contributed by atoms with van der Waals surface area (Å²) in [4.78, 5) is 27.4. The molecule has 0 aliphatic carbocycles. The third-order valence-corrected chi connectivity index (χ3v) is 7.19.